The standard InChI is InChI=1S/C18H22N2O3S2/c1-24-11-9-16(18(22)19-12-15-8-5-10-25-15)20-17(21)13-23-14-6-3-2-4-7-14/h2-8,10,16H,9,11-13H2,1H3,(H,19,22)(H,20,21)/t16-/m0/s1. The molecule has 7 heteroatoms. The van der Waals surface area contributed by atoms with Gasteiger partial charge in [0.2, 0.25) is 5.91 Å². The third kappa shape index (κ3) is 7.19. The molecule has 0 bridgehead atoms. The molecule has 2 N–H and O–H groups in total. The number of ether oxygens (including phenoxy) is 1. The van der Waals surface area contributed by atoms with Crippen LogP contribution in [0.15, 0.2) is 47.8 Å². The molecule has 5 nitrogen and oxygen atoms in total. The van der Waals surface area contributed by atoms with E-state index in [1.807, 2.05) is 42.0 Å². The Morgan fingerprint density at radius 1 is 1.20 bits per heavy atom. The molecule has 2 aromatic rings. The van der Waals surface area contributed by atoms with Gasteiger partial charge in [0.05, 0.1) is 6.54 Å². The Labute approximate surface area is 156 Å². The van der Waals surface area contributed by atoms with Crippen LogP contribution >= 0.6 is 23.1 Å². The second-order valence-electron chi connectivity index (χ2n) is 5.30. The molecular formula is C18H22N2O3S2. The molecule has 0 saturated carbocycles. The maximum absolute atomic E-state index is 12.4. The zero-order chi connectivity index (χ0) is 17.9. The lowest BCUT2D eigenvalue weighted by atomic mass is 10.2. The molecule has 1 aromatic carbocycles. The Bertz CT molecular complexity index is 648. The van der Waals surface area contributed by atoms with Crippen LogP contribution in [-0.4, -0.2) is 36.5 Å². The van der Waals surface area contributed by atoms with Gasteiger partial charge in [-0.05, 0) is 42.0 Å². The molecule has 2 amide bonds. The normalized spacial score (nSPS) is 11.6. The molecule has 0 aliphatic rings. The first kappa shape index (κ1) is 19.3. The zero-order valence-corrected chi connectivity index (χ0v) is 15.7. The number of carbonyl (C=O) groups is 2. The van der Waals surface area contributed by atoms with Gasteiger partial charge in [0.25, 0.3) is 5.91 Å². The van der Waals surface area contributed by atoms with Crippen LogP contribution in [0.2, 0.25) is 0 Å². The van der Waals surface area contributed by atoms with Gasteiger partial charge < -0.3 is 15.4 Å². The molecule has 0 spiro atoms. The number of thioether (sulfide) groups is 1. The maximum atomic E-state index is 12.4. The largest absolute Gasteiger partial charge is 0.484 e. The summed E-state index contributed by atoms with van der Waals surface area (Å²) in [5.41, 5.74) is 0. The van der Waals surface area contributed by atoms with E-state index in [0.717, 1.165) is 10.6 Å². The molecule has 0 unspecified atom stereocenters. The fraction of sp³-hybridized carbons (Fsp3) is 0.333. The van der Waals surface area contributed by atoms with Crippen LogP contribution in [0.4, 0.5) is 0 Å². The second-order valence-corrected chi connectivity index (χ2v) is 7.32. The first-order valence-corrected chi connectivity index (χ1v) is 10.2. The van der Waals surface area contributed by atoms with Crippen molar-refractivity contribution in [3.8, 4) is 5.75 Å². The predicted octanol–water partition coefficient (Wildman–Crippen LogP) is 2.68. The summed E-state index contributed by atoms with van der Waals surface area (Å²) >= 11 is 3.23. The highest BCUT2D eigenvalue weighted by Gasteiger charge is 2.20. The van der Waals surface area contributed by atoms with E-state index in [4.69, 9.17) is 4.74 Å². The van der Waals surface area contributed by atoms with E-state index in [1.54, 1.807) is 35.2 Å². The number of rotatable bonds is 10. The Hall–Kier alpha value is -1.99. The molecular weight excluding hydrogens is 356 g/mol. The molecule has 0 radical (unpaired) electrons. The monoisotopic (exact) mass is 378 g/mol. The number of benzene rings is 1. The lowest BCUT2D eigenvalue weighted by molar-refractivity contribution is -0.130. The summed E-state index contributed by atoms with van der Waals surface area (Å²) < 4.78 is 5.42. The third-order valence-corrected chi connectivity index (χ3v) is 4.91. The van der Waals surface area contributed by atoms with Gasteiger partial charge in [0.15, 0.2) is 6.61 Å². The first-order valence-electron chi connectivity index (χ1n) is 7.95. The Morgan fingerprint density at radius 2 is 2.00 bits per heavy atom. The summed E-state index contributed by atoms with van der Waals surface area (Å²) in [5.74, 6) is 0.939. The summed E-state index contributed by atoms with van der Waals surface area (Å²) in [5, 5.41) is 7.61. The first-order chi connectivity index (χ1) is 12.2. The zero-order valence-electron chi connectivity index (χ0n) is 14.1. The Kier molecular flexibility index (Phi) is 8.34. The van der Waals surface area contributed by atoms with Gasteiger partial charge in [-0.2, -0.15) is 11.8 Å². The van der Waals surface area contributed by atoms with Crippen LogP contribution in [0.1, 0.15) is 11.3 Å². The van der Waals surface area contributed by atoms with Crippen LogP contribution in [-0.2, 0) is 16.1 Å². The van der Waals surface area contributed by atoms with Gasteiger partial charge in [-0.1, -0.05) is 24.3 Å². The Morgan fingerprint density at radius 3 is 2.68 bits per heavy atom. The van der Waals surface area contributed by atoms with Crippen molar-refractivity contribution in [2.45, 2.75) is 19.0 Å². The molecule has 1 heterocycles. The lowest BCUT2D eigenvalue weighted by Gasteiger charge is -2.18. The fourth-order valence-electron chi connectivity index (χ4n) is 2.12. The average Bonchev–Trinajstić information content (AvgIpc) is 3.16. The number of hydrogen-bond acceptors (Lipinski definition) is 5. The van der Waals surface area contributed by atoms with E-state index < -0.39 is 6.04 Å². The minimum absolute atomic E-state index is 0.113. The van der Waals surface area contributed by atoms with Gasteiger partial charge in [-0.25, -0.2) is 0 Å². The smallest absolute Gasteiger partial charge is 0.258 e. The van der Waals surface area contributed by atoms with Crippen molar-refractivity contribution in [3.05, 3.63) is 52.7 Å². The molecule has 0 aliphatic carbocycles. The third-order valence-electron chi connectivity index (χ3n) is 3.39. The molecule has 2 rings (SSSR count). The number of carbonyl (C=O) groups excluding carboxylic acids is 2. The summed E-state index contributed by atoms with van der Waals surface area (Å²) in [6, 6.07) is 12.5. The highest BCUT2D eigenvalue weighted by Crippen LogP contribution is 2.09. The maximum Gasteiger partial charge on any atom is 0.258 e. The molecule has 1 atom stereocenters. The van der Waals surface area contributed by atoms with E-state index in [0.29, 0.717) is 18.7 Å². The van der Waals surface area contributed by atoms with Gasteiger partial charge in [0, 0.05) is 4.88 Å². The number of nitrogens with one attached hydrogen (secondary N) is 2. The number of hydrogen-bond donors (Lipinski definition) is 2. The highest BCUT2D eigenvalue weighted by molar-refractivity contribution is 7.98. The number of thiophene rings is 1. The summed E-state index contributed by atoms with van der Waals surface area (Å²) in [7, 11) is 0. The van der Waals surface area contributed by atoms with Gasteiger partial charge in [-0.3, -0.25) is 9.59 Å². The van der Waals surface area contributed by atoms with E-state index in [1.165, 1.54) is 0 Å². The Balaban J connectivity index is 1.82. The summed E-state index contributed by atoms with van der Waals surface area (Å²) in [6.07, 6.45) is 2.55. The number of para-hydroxylation sites is 1. The van der Waals surface area contributed by atoms with E-state index in [-0.39, 0.29) is 18.4 Å². The predicted molar refractivity (Wildman–Crippen MR) is 103 cm³/mol. The van der Waals surface area contributed by atoms with Crippen molar-refractivity contribution in [2.24, 2.45) is 0 Å². The van der Waals surface area contributed by atoms with Crippen LogP contribution in [0.5, 0.6) is 5.75 Å². The van der Waals surface area contributed by atoms with Crippen molar-refractivity contribution in [2.75, 3.05) is 18.6 Å². The average molecular weight is 379 g/mol. The van der Waals surface area contributed by atoms with Gasteiger partial charge in [-0.15, -0.1) is 11.3 Å². The lowest BCUT2D eigenvalue weighted by Crippen LogP contribution is -2.48. The molecule has 25 heavy (non-hydrogen) atoms. The highest BCUT2D eigenvalue weighted by atomic mass is 32.2. The van der Waals surface area contributed by atoms with Crippen LogP contribution in [0.3, 0.4) is 0 Å². The van der Waals surface area contributed by atoms with Crippen LogP contribution in [0, 0.1) is 0 Å². The number of amides is 2. The second kappa shape index (κ2) is 10.8. The SMILES string of the molecule is CSCC[C@H](NC(=O)COc1ccccc1)C(=O)NCc1cccs1. The van der Waals surface area contributed by atoms with E-state index in [9.17, 15) is 9.59 Å². The molecule has 0 fully saturated rings. The van der Waals surface area contributed by atoms with E-state index in [2.05, 4.69) is 10.6 Å². The minimum Gasteiger partial charge on any atom is -0.484 e. The van der Waals surface area contributed by atoms with Crippen molar-refractivity contribution < 1.29 is 14.3 Å². The fourth-order valence-corrected chi connectivity index (χ4v) is 3.23. The molecule has 0 saturated heterocycles. The molecule has 0 aliphatic heterocycles. The molecule has 134 valence electrons. The van der Waals surface area contributed by atoms with Crippen LogP contribution in [0.25, 0.3) is 0 Å². The van der Waals surface area contributed by atoms with Crippen LogP contribution < -0.4 is 15.4 Å². The van der Waals surface area contributed by atoms with Gasteiger partial charge >= 0.3 is 0 Å². The minimum atomic E-state index is -0.556. The van der Waals surface area contributed by atoms with E-state index >= 15 is 0 Å². The van der Waals surface area contributed by atoms with Gasteiger partial charge in [0.1, 0.15) is 11.8 Å². The van der Waals surface area contributed by atoms with Crippen molar-refractivity contribution >= 4 is 34.9 Å². The van der Waals surface area contributed by atoms with Crippen molar-refractivity contribution in [1.29, 1.82) is 0 Å². The van der Waals surface area contributed by atoms with Crippen molar-refractivity contribution in [3.63, 3.8) is 0 Å². The van der Waals surface area contributed by atoms with Crippen molar-refractivity contribution in [1.82, 2.24) is 10.6 Å². The quantitative estimate of drug-likeness (QED) is 0.667. The topological polar surface area (TPSA) is 67.4 Å². The summed E-state index contributed by atoms with van der Waals surface area (Å²) in [6.45, 7) is 0.362. The summed E-state index contributed by atoms with van der Waals surface area (Å²) in [4.78, 5) is 25.6. The molecule has 1 aromatic heterocycles.